The van der Waals surface area contributed by atoms with Crippen LogP contribution in [-0.4, -0.2) is 0 Å². The second-order valence-electron chi connectivity index (χ2n) is 2.76. The normalized spacial score (nSPS) is 10.9. The monoisotopic (exact) mass is 275 g/mol. The highest BCUT2D eigenvalue weighted by molar-refractivity contribution is 9.08. The van der Waals surface area contributed by atoms with Gasteiger partial charge in [-0.25, -0.2) is 0 Å². The fourth-order valence-corrected chi connectivity index (χ4v) is 3.03. The van der Waals surface area contributed by atoms with Gasteiger partial charge in [0.1, 0.15) is 0 Å². The lowest BCUT2D eigenvalue weighted by atomic mass is 10.1. The van der Waals surface area contributed by atoms with Crippen molar-refractivity contribution in [3.05, 3.63) is 28.1 Å². The molecular weight excluding hydrogens is 270 g/mol. The molecular formula is C9H7BrClNS. The standard InChI is InChI=1S/C9H7BrClNS/c10-3-5-1-6(11)2-8-9(5)7(12)4-13-8/h1-2,4H,3,12H2. The maximum atomic E-state index is 5.96. The number of alkyl halides is 1. The number of anilines is 1. The van der Waals surface area contributed by atoms with Crippen molar-refractivity contribution < 1.29 is 0 Å². The molecule has 2 N–H and O–H groups in total. The quantitative estimate of drug-likeness (QED) is 0.782. The second-order valence-corrected chi connectivity index (χ2v) is 4.67. The molecule has 0 saturated heterocycles. The zero-order valence-corrected chi connectivity index (χ0v) is 9.84. The van der Waals surface area contributed by atoms with Gasteiger partial charge in [-0.2, -0.15) is 0 Å². The van der Waals surface area contributed by atoms with Crippen LogP contribution in [0.3, 0.4) is 0 Å². The van der Waals surface area contributed by atoms with E-state index in [0.29, 0.717) is 0 Å². The number of hydrogen-bond acceptors (Lipinski definition) is 2. The van der Waals surface area contributed by atoms with Crippen LogP contribution in [0.25, 0.3) is 10.1 Å². The number of halogens is 2. The summed E-state index contributed by atoms with van der Waals surface area (Å²) in [6.45, 7) is 0. The molecule has 0 aliphatic rings. The smallest absolute Gasteiger partial charge is 0.0505 e. The molecule has 0 bridgehead atoms. The van der Waals surface area contributed by atoms with E-state index in [4.69, 9.17) is 17.3 Å². The summed E-state index contributed by atoms with van der Waals surface area (Å²) in [5, 5.41) is 4.63. The summed E-state index contributed by atoms with van der Waals surface area (Å²) in [6, 6.07) is 3.89. The van der Waals surface area contributed by atoms with E-state index in [1.807, 2.05) is 17.5 Å². The van der Waals surface area contributed by atoms with Gasteiger partial charge in [0.2, 0.25) is 0 Å². The van der Waals surface area contributed by atoms with Gasteiger partial charge in [-0.3, -0.25) is 0 Å². The predicted molar refractivity (Wildman–Crippen MR) is 63.9 cm³/mol. The molecule has 2 aromatic rings. The summed E-state index contributed by atoms with van der Waals surface area (Å²) in [4.78, 5) is 0. The largest absolute Gasteiger partial charge is 0.398 e. The zero-order valence-electron chi connectivity index (χ0n) is 6.68. The van der Waals surface area contributed by atoms with Crippen LogP contribution in [0, 0.1) is 0 Å². The van der Waals surface area contributed by atoms with Crippen molar-refractivity contribution in [2.24, 2.45) is 0 Å². The van der Waals surface area contributed by atoms with Crippen LogP contribution in [0.15, 0.2) is 17.5 Å². The number of hydrogen-bond donors (Lipinski definition) is 1. The van der Waals surface area contributed by atoms with Crippen LogP contribution in [0.5, 0.6) is 0 Å². The Bertz CT molecular complexity index is 452. The van der Waals surface area contributed by atoms with E-state index >= 15 is 0 Å². The van der Waals surface area contributed by atoms with Crippen LogP contribution in [0.2, 0.25) is 5.02 Å². The van der Waals surface area contributed by atoms with E-state index in [1.54, 1.807) is 11.3 Å². The molecule has 1 aromatic carbocycles. The van der Waals surface area contributed by atoms with Gasteiger partial charge < -0.3 is 5.73 Å². The third-order valence-electron chi connectivity index (χ3n) is 1.89. The van der Waals surface area contributed by atoms with Gasteiger partial charge in [-0.05, 0) is 17.7 Å². The Labute approximate surface area is 93.6 Å². The molecule has 68 valence electrons. The van der Waals surface area contributed by atoms with Crippen molar-refractivity contribution >= 4 is 54.6 Å². The molecule has 0 aliphatic heterocycles. The first-order valence-corrected chi connectivity index (χ1v) is 6.11. The lowest BCUT2D eigenvalue weighted by Crippen LogP contribution is -1.85. The van der Waals surface area contributed by atoms with Gasteiger partial charge in [-0.15, -0.1) is 11.3 Å². The molecule has 0 spiro atoms. The van der Waals surface area contributed by atoms with Crippen molar-refractivity contribution in [1.82, 2.24) is 0 Å². The number of benzene rings is 1. The molecule has 0 saturated carbocycles. The van der Waals surface area contributed by atoms with Crippen molar-refractivity contribution in [3.63, 3.8) is 0 Å². The van der Waals surface area contributed by atoms with Gasteiger partial charge in [0.25, 0.3) is 0 Å². The van der Waals surface area contributed by atoms with Crippen LogP contribution in [0.4, 0.5) is 5.69 Å². The summed E-state index contributed by atoms with van der Waals surface area (Å²) in [6.07, 6.45) is 0. The van der Waals surface area contributed by atoms with Crippen molar-refractivity contribution in [2.45, 2.75) is 5.33 Å². The fourth-order valence-electron chi connectivity index (χ4n) is 1.35. The number of nitrogen functional groups attached to an aromatic ring is 1. The first kappa shape index (κ1) is 9.31. The molecule has 1 nitrogen and oxygen atoms in total. The minimum Gasteiger partial charge on any atom is -0.398 e. The summed E-state index contributed by atoms with van der Waals surface area (Å²) >= 11 is 11.0. The summed E-state index contributed by atoms with van der Waals surface area (Å²) in [5.74, 6) is 0. The van der Waals surface area contributed by atoms with E-state index in [9.17, 15) is 0 Å². The first-order chi connectivity index (χ1) is 6.22. The van der Waals surface area contributed by atoms with Crippen molar-refractivity contribution in [1.29, 1.82) is 0 Å². The van der Waals surface area contributed by atoms with Crippen molar-refractivity contribution in [2.75, 3.05) is 5.73 Å². The molecule has 0 unspecified atom stereocenters. The lowest BCUT2D eigenvalue weighted by molar-refractivity contribution is 1.50. The third kappa shape index (κ3) is 1.56. The van der Waals surface area contributed by atoms with Crippen LogP contribution in [0.1, 0.15) is 5.56 Å². The Morgan fingerprint density at radius 1 is 1.46 bits per heavy atom. The van der Waals surface area contributed by atoms with E-state index in [1.165, 1.54) is 0 Å². The summed E-state index contributed by atoms with van der Waals surface area (Å²) in [5.41, 5.74) is 7.84. The minimum absolute atomic E-state index is 0.767. The number of thiophene rings is 1. The fraction of sp³-hybridized carbons (Fsp3) is 0.111. The van der Waals surface area contributed by atoms with Gasteiger partial charge >= 0.3 is 0 Å². The Morgan fingerprint density at radius 3 is 2.92 bits per heavy atom. The highest BCUT2D eigenvalue weighted by atomic mass is 79.9. The van der Waals surface area contributed by atoms with E-state index in [0.717, 1.165) is 31.7 Å². The van der Waals surface area contributed by atoms with Crippen LogP contribution < -0.4 is 5.73 Å². The second kappa shape index (κ2) is 3.48. The van der Waals surface area contributed by atoms with Gasteiger partial charge in [0, 0.05) is 25.8 Å². The maximum absolute atomic E-state index is 5.96. The molecule has 4 heteroatoms. The third-order valence-corrected chi connectivity index (χ3v) is 3.66. The summed E-state index contributed by atoms with van der Waals surface area (Å²) < 4.78 is 1.15. The molecule has 0 radical (unpaired) electrons. The lowest BCUT2D eigenvalue weighted by Gasteiger charge is -2.01. The van der Waals surface area contributed by atoms with E-state index in [2.05, 4.69) is 15.9 Å². The molecule has 0 aliphatic carbocycles. The molecule has 2 rings (SSSR count). The van der Waals surface area contributed by atoms with E-state index < -0.39 is 0 Å². The molecule has 0 amide bonds. The molecule has 0 fully saturated rings. The Morgan fingerprint density at radius 2 is 2.23 bits per heavy atom. The topological polar surface area (TPSA) is 26.0 Å². The molecule has 13 heavy (non-hydrogen) atoms. The van der Waals surface area contributed by atoms with Crippen LogP contribution in [-0.2, 0) is 5.33 Å². The Hall–Kier alpha value is -0.250. The average Bonchev–Trinajstić information content (AvgIpc) is 2.46. The maximum Gasteiger partial charge on any atom is 0.0505 e. The SMILES string of the molecule is Nc1csc2cc(Cl)cc(CBr)c12. The summed E-state index contributed by atoms with van der Waals surface area (Å²) in [7, 11) is 0. The average molecular weight is 277 g/mol. The predicted octanol–water partition coefficient (Wildman–Crippen LogP) is 4.03. The first-order valence-electron chi connectivity index (χ1n) is 3.73. The number of nitrogens with two attached hydrogens (primary N) is 1. The van der Waals surface area contributed by atoms with Crippen molar-refractivity contribution in [3.8, 4) is 0 Å². The zero-order chi connectivity index (χ0) is 9.42. The highest BCUT2D eigenvalue weighted by Gasteiger charge is 2.07. The molecule has 1 heterocycles. The highest BCUT2D eigenvalue weighted by Crippen LogP contribution is 2.34. The van der Waals surface area contributed by atoms with Gasteiger partial charge in [-0.1, -0.05) is 27.5 Å². The van der Waals surface area contributed by atoms with E-state index in [-0.39, 0.29) is 0 Å². The van der Waals surface area contributed by atoms with Crippen LogP contribution >= 0.6 is 38.9 Å². The van der Waals surface area contributed by atoms with Gasteiger partial charge in [0.15, 0.2) is 0 Å². The Balaban J connectivity index is 2.85. The minimum atomic E-state index is 0.767. The number of rotatable bonds is 1. The number of fused-ring (bicyclic) bond motifs is 1. The Kier molecular flexibility index (Phi) is 2.49. The molecule has 0 atom stereocenters. The molecule has 1 aromatic heterocycles. The van der Waals surface area contributed by atoms with Gasteiger partial charge in [0.05, 0.1) is 5.69 Å².